The zero-order valence-electron chi connectivity index (χ0n) is 17.5. The summed E-state index contributed by atoms with van der Waals surface area (Å²) in [5.74, 6) is 0. The number of rotatable bonds is 6. The van der Waals surface area contributed by atoms with E-state index in [0.29, 0.717) is 5.25 Å². The van der Waals surface area contributed by atoms with E-state index in [-0.39, 0.29) is 0 Å². The van der Waals surface area contributed by atoms with Crippen LogP contribution in [0.4, 0.5) is 0 Å². The van der Waals surface area contributed by atoms with Crippen LogP contribution >= 0.6 is 11.8 Å². The van der Waals surface area contributed by atoms with Gasteiger partial charge in [0.05, 0.1) is 5.69 Å². The van der Waals surface area contributed by atoms with Gasteiger partial charge in [0, 0.05) is 28.5 Å². The number of nitrogens with zero attached hydrogens (tertiary/aromatic N) is 3. The number of hydrogen-bond donors (Lipinski definition) is 0. The third-order valence-electron chi connectivity index (χ3n) is 5.37. The van der Waals surface area contributed by atoms with Gasteiger partial charge >= 0.3 is 0 Å². The molecule has 0 saturated heterocycles. The van der Waals surface area contributed by atoms with Gasteiger partial charge in [-0.25, -0.2) is 9.50 Å². The first-order valence-corrected chi connectivity index (χ1v) is 11.1. The van der Waals surface area contributed by atoms with Crippen LogP contribution in [0.1, 0.15) is 42.8 Å². The van der Waals surface area contributed by atoms with Gasteiger partial charge in [0.15, 0.2) is 5.65 Å². The Morgan fingerprint density at radius 3 is 2.24 bits per heavy atom. The van der Waals surface area contributed by atoms with Crippen LogP contribution in [0.5, 0.6) is 0 Å². The van der Waals surface area contributed by atoms with Gasteiger partial charge in [-0.3, -0.25) is 0 Å². The van der Waals surface area contributed by atoms with Crippen LogP contribution in [-0.2, 0) is 6.42 Å². The Bertz CT molecular complexity index is 1120. The van der Waals surface area contributed by atoms with Gasteiger partial charge in [0.2, 0.25) is 0 Å². The van der Waals surface area contributed by atoms with Gasteiger partial charge in [-0.15, -0.1) is 11.8 Å². The molecule has 2 aromatic carbocycles. The molecule has 0 amide bonds. The molecule has 0 N–H and O–H groups in total. The molecule has 0 aliphatic heterocycles. The first-order valence-electron chi connectivity index (χ1n) is 10.2. The second-order valence-electron chi connectivity index (χ2n) is 7.54. The zero-order valence-corrected chi connectivity index (χ0v) is 18.3. The fourth-order valence-electron chi connectivity index (χ4n) is 3.61. The van der Waals surface area contributed by atoms with Crippen LogP contribution < -0.4 is 0 Å². The summed E-state index contributed by atoms with van der Waals surface area (Å²) in [6, 6.07) is 21.1. The molecule has 1 unspecified atom stereocenters. The molecule has 0 saturated carbocycles. The lowest BCUT2D eigenvalue weighted by atomic mass is 10.0. The molecule has 0 bridgehead atoms. The fraction of sp³-hybridized carbons (Fsp3) is 0.280. The molecule has 4 heteroatoms. The van der Waals surface area contributed by atoms with E-state index in [1.807, 2.05) is 17.8 Å². The van der Waals surface area contributed by atoms with Crippen molar-refractivity contribution in [1.29, 1.82) is 0 Å². The minimum Gasteiger partial charge on any atom is -0.233 e. The lowest BCUT2D eigenvalue weighted by Gasteiger charge is -2.17. The normalized spacial score (nSPS) is 12.4. The van der Waals surface area contributed by atoms with Crippen molar-refractivity contribution in [2.45, 2.75) is 50.8 Å². The van der Waals surface area contributed by atoms with Crippen LogP contribution in [0.2, 0.25) is 0 Å². The standard InChI is InChI=1S/C25H27N3S/c1-5-17(2)29-25-22(16-20-12-8-6-9-13-20)18(3)26-24-23(19(4)27-28(24)25)21-14-10-7-11-15-21/h6-15,17H,5,16H2,1-4H3. The van der Waals surface area contributed by atoms with Crippen LogP contribution in [0.15, 0.2) is 65.7 Å². The largest absolute Gasteiger partial charge is 0.233 e. The minimum absolute atomic E-state index is 0.513. The molecule has 29 heavy (non-hydrogen) atoms. The van der Waals surface area contributed by atoms with Crippen molar-refractivity contribution in [3.05, 3.63) is 83.2 Å². The van der Waals surface area contributed by atoms with E-state index in [9.17, 15) is 0 Å². The minimum atomic E-state index is 0.513. The Balaban J connectivity index is 1.94. The van der Waals surface area contributed by atoms with Crippen molar-refractivity contribution in [3.63, 3.8) is 0 Å². The molecule has 3 nitrogen and oxygen atoms in total. The Labute approximate surface area is 177 Å². The van der Waals surface area contributed by atoms with E-state index in [1.54, 1.807) is 0 Å². The van der Waals surface area contributed by atoms with Gasteiger partial charge in [0.1, 0.15) is 5.03 Å². The molecule has 0 spiro atoms. The summed E-state index contributed by atoms with van der Waals surface area (Å²) in [5, 5.41) is 6.69. The first-order chi connectivity index (χ1) is 14.1. The highest BCUT2D eigenvalue weighted by atomic mass is 32.2. The molecule has 2 heterocycles. The van der Waals surface area contributed by atoms with E-state index in [0.717, 1.165) is 35.4 Å². The predicted octanol–water partition coefficient (Wildman–Crippen LogP) is 6.49. The maximum absolute atomic E-state index is 5.05. The smallest absolute Gasteiger partial charge is 0.164 e. The molecule has 2 aromatic heterocycles. The van der Waals surface area contributed by atoms with Crippen molar-refractivity contribution < 1.29 is 0 Å². The summed E-state index contributed by atoms with van der Waals surface area (Å²) in [5.41, 5.74) is 7.93. The summed E-state index contributed by atoms with van der Waals surface area (Å²) in [6.07, 6.45) is 1.98. The average Bonchev–Trinajstić information content (AvgIpc) is 3.07. The lowest BCUT2D eigenvalue weighted by molar-refractivity contribution is 0.785. The lowest BCUT2D eigenvalue weighted by Crippen LogP contribution is -2.08. The quantitative estimate of drug-likeness (QED) is 0.273. The van der Waals surface area contributed by atoms with Crippen molar-refractivity contribution >= 4 is 17.4 Å². The Hall–Kier alpha value is -2.59. The number of aromatic nitrogens is 3. The first kappa shape index (κ1) is 19.7. The highest BCUT2D eigenvalue weighted by molar-refractivity contribution is 7.99. The zero-order chi connectivity index (χ0) is 20.4. The van der Waals surface area contributed by atoms with E-state index in [2.05, 4.69) is 86.8 Å². The maximum Gasteiger partial charge on any atom is 0.164 e. The number of benzene rings is 2. The molecule has 148 valence electrons. The third kappa shape index (κ3) is 3.95. The Morgan fingerprint density at radius 1 is 0.931 bits per heavy atom. The van der Waals surface area contributed by atoms with E-state index < -0.39 is 0 Å². The summed E-state index contributed by atoms with van der Waals surface area (Å²) >= 11 is 1.91. The van der Waals surface area contributed by atoms with Crippen LogP contribution in [0.3, 0.4) is 0 Å². The summed E-state index contributed by atoms with van der Waals surface area (Å²) in [7, 11) is 0. The van der Waals surface area contributed by atoms with Gasteiger partial charge in [-0.1, -0.05) is 74.5 Å². The summed E-state index contributed by atoms with van der Waals surface area (Å²) < 4.78 is 2.08. The maximum atomic E-state index is 5.05. The number of hydrogen-bond acceptors (Lipinski definition) is 3. The predicted molar refractivity (Wildman–Crippen MR) is 123 cm³/mol. The van der Waals surface area contributed by atoms with Crippen molar-refractivity contribution in [2.24, 2.45) is 0 Å². The Morgan fingerprint density at radius 2 is 1.59 bits per heavy atom. The topological polar surface area (TPSA) is 30.2 Å². The molecule has 4 rings (SSSR count). The van der Waals surface area contributed by atoms with Crippen LogP contribution in [0.25, 0.3) is 16.8 Å². The monoisotopic (exact) mass is 401 g/mol. The van der Waals surface area contributed by atoms with E-state index in [4.69, 9.17) is 10.1 Å². The third-order valence-corrected chi connectivity index (χ3v) is 6.75. The molecular formula is C25H27N3S. The highest BCUT2D eigenvalue weighted by Crippen LogP contribution is 2.35. The van der Waals surface area contributed by atoms with Crippen molar-refractivity contribution in [1.82, 2.24) is 14.6 Å². The van der Waals surface area contributed by atoms with Crippen molar-refractivity contribution in [3.8, 4) is 11.1 Å². The molecular weight excluding hydrogens is 374 g/mol. The summed E-state index contributed by atoms with van der Waals surface area (Å²) in [6.45, 7) is 8.74. The molecule has 1 atom stereocenters. The van der Waals surface area contributed by atoms with Gasteiger partial charge in [-0.05, 0) is 31.4 Å². The van der Waals surface area contributed by atoms with Gasteiger partial charge in [0.25, 0.3) is 0 Å². The summed E-state index contributed by atoms with van der Waals surface area (Å²) in [4.78, 5) is 5.05. The van der Waals surface area contributed by atoms with Crippen molar-refractivity contribution in [2.75, 3.05) is 0 Å². The second-order valence-corrected chi connectivity index (χ2v) is 8.97. The van der Waals surface area contributed by atoms with Crippen LogP contribution in [-0.4, -0.2) is 19.8 Å². The highest BCUT2D eigenvalue weighted by Gasteiger charge is 2.21. The van der Waals surface area contributed by atoms with Crippen LogP contribution in [0, 0.1) is 13.8 Å². The SMILES string of the molecule is CCC(C)Sc1c(Cc2ccccc2)c(C)nc2c(-c3ccccc3)c(C)nn12. The molecule has 0 radical (unpaired) electrons. The van der Waals surface area contributed by atoms with E-state index in [1.165, 1.54) is 21.7 Å². The molecule has 0 aliphatic rings. The molecule has 4 aromatic rings. The number of thioether (sulfide) groups is 1. The number of fused-ring (bicyclic) bond motifs is 1. The fourth-order valence-corrected chi connectivity index (χ4v) is 4.75. The van der Waals surface area contributed by atoms with E-state index >= 15 is 0 Å². The second kappa shape index (κ2) is 8.42. The Kier molecular flexibility index (Phi) is 5.72. The molecule has 0 fully saturated rings. The molecule has 0 aliphatic carbocycles. The van der Waals surface area contributed by atoms with Gasteiger partial charge < -0.3 is 0 Å². The average molecular weight is 402 g/mol. The number of aryl methyl sites for hydroxylation is 2. The van der Waals surface area contributed by atoms with Gasteiger partial charge in [-0.2, -0.15) is 5.10 Å².